The van der Waals surface area contributed by atoms with Gasteiger partial charge in [0.1, 0.15) is 0 Å². The first-order valence-electron chi connectivity index (χ1n) is 5.26. The van der Waals surface area contributed by atoms with Gasteiger partial charge in [-0.15, -0.1) is 0 Å². The zero-order chi connectivity index (χ0) is 12.1. The molecule has 2 nitrogen and oxygen atoms in total. The molecule has 0 saturated carbocycles. The molecule has 0 heterocycles. The molecule has 1 aromatic carbocycles. The maximum atomic E-state index is 6.13. The molecule has 2 unspecified atom stereocenters. The number of halogens is 2. The highest BCUT2D eigenvalue weighted by Gasteiger charge is 2.12. The normalized spacial score (nSPS) is 14.8. The predicted octanol–water partition coefficient (Wildman–Crippen LogP) is 3.68. The van der Waals surface area contributed by atoms with Crippen molar-refractivity contribution in [1.29, 1.82) is 0 Å². The van der Waals surface area contributed by atoms with E-state index in [1.165, 1.54) is 0 Å². The highest BCUT2D eigenvalue weighted by atomic mass is 35.5. The van der Waals surface area contributed by atoms with Gasteiger partial charge in [-0.3, -0.25) is 0 Å². The fraction of sp³-hybridized carbons (Fsp3) is 0.500. The van der Waals surface area contributed by atoms with Crippen LogP contribution in [0.4, 0.5) is 0 Å². The van der Waals surface area contributed by atoms with E-state index in [2.05, 4.69) is 12.2 Å². The molecule has 0 aliphatic carbocycles. The molecular weight excluding hydrogens is 245 g/mol. The molecule has 0 spiro atoms. The van der Waals surface area contributed by atoms with Crippen LogP contribution in [0, 0.1) is 0 Å². The Labute approximate surface area is 107 Å². The number of rotatable bonds is 5. The quantitative estimate of drug-likeness (QED) is 0.874. The minimum atomic E-state index is 0.156. The molecule has 0 aromatic heterocycles. The van der Waals surface area contributed by atoms with Crippen molar-refractivity contribution in [3.05, 3.63) is 33.8 Å². The Morgan fingerprint density at radius 3 is 2.62 bits per heavy atom. The summed E-state index contributed by atoms with van der Waals surface area (Å²) >= 11 is 12.1. The van der Waals surface area contributed by atoms with Crippen LogP contribution in [0.1, 0.15) is 25.5 Å². The molecule has 1 aromatic rings. The standard InChI is InChI=1S/C12H17Cl2NO/c1-8(16-3)7-15-9(2)10-5-4-6-11(13)12(10)14/h4-6,8-9,15H,7H2,1-3H3. The van der Waals surface area contributed by atoms with Gasteiger partial charge in [0.2, 0.25) is 0 Å². The maximum absolute atomic E-state index is 6.13. The van der Waals surface area contributed by atoms with Crippen molar-refractivity contribution in [2.45, 2.75) is 26.0 Å². The third-order valence-corrected chi connectivity index (χ3v) is 3.40. The molecule has 0 fully saturated rings. The van der Waals surface area contributed by atoms with Gasteiger partial charge in [-0.2, -0.15) is 0 Å². The average molecular weight is 262 g/mol. The second kappa shape index (κ2) is 6.45. The molecule has 0 aliphatic heterocycles. The summed E-state index contributed by atoms with van der Waals surface area (Å²) in [6.45, 7) is 4.85. The topological polar surface area (TPSA) is 21.3 Å². The Kier molecular flexibility index (Phi) is 5.56. The zero-order valence-electron chi connectivity index (χ0n) is 9.76. The molecular formula is C12H17Cl2NO. The summed E-state index contributed by atoms with van der Waals surface area (Å²) in [4.78, 5) is 0. The lowest BCUT2D eigenvalue weighted by Gasteiger charge is -2.18. The van der Waals surface area contributed by atoms with E-state index in [-0.39, 0.29) is 12.1 Å². The first kappa shape index (κ1) is 13.8. The molecule has 0 saturated heterocycles. The molecule has 0 radical (unpaired) electrons. The van der Waals surface area contributed by atoms with Gasteiger partial charge >= 0.3 is 0 Å². The Bertz CT molecular complexity index is 344. The van der Waals surface area contributed by atoms with E-state index in [9.17, 15) is 0 Å². The van der Waals surface area contributed by atoms with Gasteiger partial charge < -0.3 is 10.1 Å². The number of benzene rings is 1. The summed E-state index contributed by atoms with van der Waals surface area (Å²) in [5.41, 5.74) is 1.01. The van der Waals surface area contributed by atoms with E-state index in [1.807, 2.05) is 19.1 Å². The Balaban J connectivity index is 2.66. The summed E-state index contributed by atoms with van der Waals surface area (Å²) in [5, 5.41) is 4.56. The number of hydrogen-bond donors (Lipinski definition) is 1. The van der Waals surface area contributed by atoms with Gasteiger partial charge in [0.05, 0.1) is 16.1 Å². The summed E-state index contributed by atoms with van der Waals surface area (Å²) in [5.74, 6) is 0. The van der Waals surface area contributed by atoms with Crippen molar-refractivity contribution in [3.8, 4) is 0 Å². The van der Waals surface area contributed by atoms with Gasteiger partial charge in [0.25, 0.3) is 0 Å². The van der Waals surface area contributed by atoms with Crippen LogP contribution in [0.5, 0.6) is 0 Å². The first-order valence-corrected chi connectivity index (χ1v) is 6.02. The lowest BCUT2D eigenvalue weighted by atomic mass is 10.1. The molecule has 1 rings (SSSR count). The van der Waals surface area contributed by atoms with E-state index >= 15 is 0 Å². The van der Waals surface area contributed by atoms with E-state index in [0.717, 1.165) is 12.1 Å². The molecule has 90 valence electrons. The lowest BCUT2D eigenvalue weighted by Crippen LogP contribution is -2.28. The zero-order valence-corrected chi connectivity index (χ0v) is 11.3. The minimum absolute atomic E-state index is 0.156. The molecule has 0 bridgehead atoms. The van der Waals surface area contributed by atoms with E-state index in [0.29, 0.717) is 10.0 Å². The summed E-state index contributed by atoms with van der Waals surface area (Å²) < 4.78 is 5.17. The SMILES string of the molecule is COC(C)CNC(C)c1cccc(Cl)c1Cl. The van der Waals surface area contributed by atoms with Crippen LogP contribution in [0.15, 0.2) is 18.2 Å². The van der Waals surface area contributed by atoms with Crippen LogP contribution in [-0.2, 0) is 4.74 Å². The van der Waals surface area contributed by atoms with Gasteiger partial charge in [-0.1, -0.05) is 35.3 Å². The van der Waals surface area contributed by atoms with Gasteiger partial charge in [-0.05, 0) is 25.5 Å². The Morgan fingerprint density at radius 2 is 2.00 bits per heavy atom. The predicted molar refractivity (Wildman–Crippen MR) is 69.4 cm³/mol. The number of methoxy groups -OCH3 is 1. The minimum Gasteiger partial charge on any atom is -0.380 e. The van der Waals surface area contributed by atoms with Gasteiger partial charge in [0.15, 0.2) is 0 Å². The van der Waals surface area contributed by atoms with E-state index < -0.39 is 0 Å². The molecule has 1 N–H and O–H groups in total. The third kappa shape index (κ3) is 3.63. The highest BCUT2D eigenvalue weighted by Crippen LogP contribution is 2.29. The number of hydrogen-bond acceptors (Lipinski definition) is 2. The lowest BCUT2D eigenvalue weighted by molar-refractivity contribution is 0.115. The van der Waals surface area contributed by atoms with Gasteiger partial charge in [-0.25, -0.2) is 0 Å². The smallest absolute Gasteiger partial charge is 0.0667 e. The van der Waals surface area contributed by atoms with Crippen molar-refractivity contribution in [3.63, 3.8) is 0 Å². The van der Waals surface area contributed by atoms with Crippen LogP contribution in [0.3, 0.4) is 0 Å². The van der Waals surface area contributed by atoms with Crippen molar-refractivity contribution in [2.24, 2.45) is 0 Å². The van der Waals surface area contributed by atoms with Crippen LogP contribution in [-0.4, -0.2) is 19.8 Å². The number of nitrogens with one attached hydrogen (secondary N) is 1. The van der Waals surface area contributed by atoms with E-state index in [1.54, 1.807) is 13.2 Å². The monoisotopic (exact) mass is 261 g/mol. The van der Waals surface area contributed by atoms with Gasteiger partial charge in [0, 0.05) is 19.7 Å². The highest BCUT2D eigenvalue weighted by molar-refractivity contribution is 6.42. The fourth-order valence-corrected chi connectivity index (χ4v) is 1.86. The molecule has 2 atom stereocenters. The average Bonchev–Trinajstić information content (AvgIpc) is 2.29. The van der Waals surface area contributed by atoms with Crippen LogP contribution >= 0.6 is 23.2 Å². The molecule has 4 heteroatoms. The third-order valence-electron chi connectivity index (χ3n) is 2.56. The summed E-state index contributed by atoms with van der Waals surface area (Å²) in [6, 6.07) is 5.83. The number of ether oxygens (including phenoxy) is 1. The molecule has 0 aliphatic rings. The van der Waals surface area contributed by atoms with Crippen LogP contribution < -0.4 is 5.32 Å². The van der Waals surface area contributed by atoms with E-state index in [4.69, 9.17) is 27.9 Å². The van der Waals surface area contributed by atoms with Crippen LogP contribution in [0.2, 0.25) is 10.0 Å². The largest absolute Gasteiger partial charge is 0.380 e. The summed E-state index contributed by atoms with van der Waals surface area (Å²) in [7, 11) is 1.70. The van der Waals surface area contributed by atoms with Crippen molar-refractivity contribution >= 4 is 23.2 Å². The molecule has 0 amide bonds. The van der Waals surface area contributed by atoms with Crippen molar-refractivity contribution < 1.29 is 4.74 Å². The van der Waals surface area contributed by atoms with Crippen molar-refractivity contribution in [2.75, 3.05) is 13.7 Å². The van der Waals surface area contributed by atoms with Crippen LogP contribution in [0.25, 0.3) is 0 Å². The Morgan fingerprint density at radius 1 is 1.31 bits per heavy atom. The summed E-state index contributed by atoms with van der Waals surface area (Å²) in [6.07, 6.45) is 0.181. The first-order chi connectivity index (χ1) is 7.56. The second-order valence-corrected chi connectivity index (χ2v) is 4.60. The Hall–Kier alpha value is -0.280. The maximum Gasteiger partial charge on any atom is 0.0667 e. The second-order valence-electron chi connectivity index (χ2n) is 3.82. The van der Waals surface area contributed by atoms with Crippen molar-refractivity contribution in [1.82, 2.24) is 5.32 Å². The fourth-order valence-electron chi connectivity index (χ4n) is 1.39. The molecule has 16 heavy (non-hydrogen) atoms.